The monoisotopic (exact) mass is 380 g/mol. The highest BCUT2D eigenvalue weighted by molar-refractivity contribution is 6.06. The Labute approximate surface area is 159 Å². The molecule has 28 heavy (non-hydrogen) atoms. The fraction of sp³-hybridized carbons (Fsp3) is 0.200. The highest BCUT2D eigenvalue weighted by Gasteiger charge is 2.16. The third-order valence-electron chi connectivity index (χ3n) is 4.44. The predicted molar refractivity (Wildman–Crippen MR) is 106 cm³/mol. The summed E-state index contributed by atoms with van der Waals surface area (Å²) in [5.74, 6) is 6.72. The zero-order valence-corrected chi connectivity index (χ0v) is 15.7. The molecular formula is C20H16N2O6. The minimum Gasteiger partial charge on any atom is -0.784 e. The largest absolute Gasteiger partial charge is 0.784 e. The first kappa shape index (κ1) is 18.8. The summed E-state index contributed by atoms with van der Waals surface area (Å²) in [7, 11) is 5.98. The Kier molecular flexibility index (Phi) is 5.21. The van der Waals surface area contributed by atoms with Gasteiger partial charge in [-0.25, -0.2) is 0 Å². The van der Waals surface area contributed by atoms with Crippen molar-refractivity contribution in [2.45, 2.75) is 0 Å². The molecule has 0 heterocycles. The number of nitrogens with zero attached hydrogens (tertiary/aromatic N) is 2. The Morgan fingerprint density at radius 2 is 1.11 bits per heavy atom. The summed E-state index contributed by atoms with van der Waals surface area (Å²) in [5, 5.41) is 16.9. The first-order valence-electron chi connectivity index (χ1n) is 8.07. The van der Waals surface area contributed by atoms with Gasteiger partial charge in [0.1, 0.15) is 5.22 Å². The van der Waals surface area contributed by atoms with Crippen LogP contribution in [0.2, 0.25) is 0 Å². The summed E-state index contributed by atoms with van der Waals surface area (Å²) in [6, 6.07) is 6.70. The van der Waals surface area contributed by atoms with Crippen molar-refractivity contribution < 1.29 is 18.9 Å². The number of fused-ring (bicyclic) bond motifs is 2. The van der Waals surface area contributed by atoms with E-state index in [1.165, 1.54) is 28.4 Å². The van der Waals surface area contributed by atoms with Crippen molar-refractivity contribution in [3.63, 3.8) is 0 Å². The summed E-state index contributed by atoms with van der Waals surface area (Å²) in [5.41, 5.74) is 0. The molecule has 0 aromatic heterocycles. The predicted octanol–water partition coefficient (Wildman–Crippen LogP) is 1.04. The molecule has 0 unspecified atom stereocenters. The van der Waals surface area contributed by atoms with Gasteiger partial charge in [0.25, 0.3) is 4.85 Å². The number of methoxy groups -OCH3 is 4. The third kappa shape index (κ3) is 2.90. The van der Waals surface area contributed by atoms with Crippen LogP contribution in [-0.4, -0.2) is 40.2 Å². The standard InChI is InChI=1S/C20H16N2O6/c1-25-17-5-11-12(6-18(17)26-2)16(10-22-24)14-8-20(28-4)19(27-3)7-13(14)15(11)9-21-23/h5-8H,1-4H3. The van der Waals surface area contributed by atoms with Gasteiger partial charge in [-0.2, -0.15) is 0 Å². The Morgan fingerprint density at radius 3 is 1.39 bits per heavy atom. The van der Waals surface area contributed by atoms with Gasteiger partial charge in [-0.05, 0) is 30.1 Å². The van der Waals surface area contributed by atoms with Gasteiger partial charge in [-0.15, -0.1) is 0 Å². The fourth-order valence-electron chi connectivity index (χ4n) is 3.21. The smallest absolute Gasteiger partial charge is 0.394 e. The molecule has 8 nitrogen and oxygen atoms in total. The maximum atomic E-state index is 11.1. The molecule has 3 aromatic rings. The zero-order chi connectivity index (χ0) is 20.3. The van der Waals surface area contributed by atoms with Crippen molar-refractivity contribution in [1.82, 2.24) is 4.85 Å². The van der Waals surface area contributed by atoms with Crippen LogP contribution in [0.15, 0.2) is 29.4 Å². The van der Waals surface area contributed by atoms with Gasteiger partial charge >= 0.3 is 5.87 Å². The Morgan fingerprint density at radius 1 is 0.750 bits per heavy atom. The molecular weight excluding hydrogens is 364 g/mol. The molecule has 0 aliphatic carbocycles. The average molecular weight is 380 g/mol. The van der Waals surface area contributed by atoms with Crippen LogP contribution >= 0.6 is 0 Å². The van der Waals surface area contributed by atoms with Gasteiger partial charge in [-0.3, -0.25) is 5.16 Å². The summed E-state index contributed by atoms with van der Waals surface area (Å²) in [6.45, 7) is 0. The van der Waals surface area contributed by atoms with Crippen LogP contribution < -0.4 is 34.2 Å². The lowest BCUT2D eigenvalue weighted by Gasteiger charge is -2.13. The molecule has 0 atom stereocenters. The maximum Gasteiger partial charge on any atom is 0.394 e. The Balaban J connectivity index is 2.80. The van der Waals surface area contributed by atoms with Gasteiger partial charge < -0.3 is 24.2 Å². The molecule has 0 amide bonds. The van der Waals surface area contributed by atoms with E-state index in [2.05, 4.69) is 21.7 Å². The van der Waals surface area contributed by atoms with Crippen molar-refractivity contribution in [3.05, 3.63) is 44.8 Å². The quantitative estimate of drug-likeness (QED) is 0.290. The SMILES string of the molecule is COc1cc2c(=C=N[O-])c3cc(OC)c(OC)cc3c(=C=[N+]=O)c2cc1OC. The van der Waals surface area contributed by atoms with E-state index in [0.29, 0.717) is 55.0 Å². The Bertz CT molecular complexity index is 1220. The molecule has 0 aliphatic rings. The van der Waals surface area contributed by atoms with Crippen molar-refractivity contribution >= 4 is 33.3 Å². The van der Waals surface area contributed by atoms with E-state index in [4.69, 9.17) is 18.9 Å². The van der Waals surface area contributed by atoms with Gasteiger partial charge in [-0.1, -0.05) is 0 Å². The van der Waals surface area contributed by atoms with Crippen LogP contribution in [0.25, 0.3) is 21.5 Å². The van der Waals surface area contributed by atoms with Crippen LogP contribution in [0, 0.1) is 10.1 Å². The van der Waals surface area contributed by atoms with Gasteiger partial charge in [0.15, 0.2) is 27.9 Å². The summed E-state index contributed by atoms with van der Waals surface area (Å²) < 4.78 is 21.4. The first-order valence-corrected chi connectivity index (χ1v) is 8.07. The van der Waals surface area contributed by atoms with Crippen molar-refractivity contribution in [2.75, 3.05) is 28.4 Å². The highest BCUT2D eigenvalue weighted by atomic mass is 16.5. The van der Waals surface area contributed by atoms with E-state index in [1.807, 2.05) is 0 Å². The van der Waals surface area contributed by atoms with Gasteiger partial charge in [0, 0.05) is 21.5 Å². The molecule has 8 heteroatoms. The molecule has 0 saturated carbocycles. The molecule has 0 radical (unpaired) electrons. The molecule has 3 aromatic carbocycles. The molecule has 0 bridgehead atoms. The lowest BCUT2D eigenvalue weighted by Crippen LogP contribution is -2.18. The molecule has 0 saturated heterocycles. The third-order valence-corrected chi connectivity index (χ3v) is 4.44. The van der Waals surface area contributed by atoms with E-state index >= 15 is 0 Å². The Hall–Kier alpha value is -3.95. The summed E-state index contributed by atoms with van der Waals surface area (Å²) in [6.07, 6.45) is 0. The van der Waals surface area contributed by atoms with E-state index < -0.39 is 0 Å². The second-order valence-corrected chi connectivity index (χ2v) is 5.66. The van der Waals surface area contributed by atoms with E-state index in [9.17, 15) is 10.1 Å². The summed E-state index contributed by atoms with van der Waals surface area (Å²) in [4.78, 5) is 13.9. The van der Waals surface area contributed by atoms with Crippen molar-refractivity contribution in [3.8, 4) is 23.0 Å². The van der Waals surface area contributed by atoms with E-state index in [-0.39, 0.29) is 0 Å². The number of hydrogen-bond donors (Lipinski definition) is 0. The number of hydrogen-bond acceptors (Lipinski definition) is 7. The lowest BCUT2D eigenvalue weighted by atomic mass is 9.97. The maximum absolute atomic E-state index is 11.1. The topological polar surface area (TPSA) is 104 Å². The van der Waals surface area contributed by atoms with E-state index in [1.54, 1.807) is 24.3 Å². The molecule has 3 rings (SSSR count). The normalized spacial score (nSPS) is 10.0. The minimum absolute atomic E-state index is 0.401. The molecule has 0 N–H and O–H groups in total. The fourth-order valence-corrected chi connectivity index (χ4v) is 3.21. The second kappa shape index (κ2) is 7.74. The molecule has 0 aliphatic heterocycles. The second-order valence-electron chi connectivity index (χ2n) is 5.66. The van der Waals surface area contributed by atoms with Crippen molar-refractivity contribution in [1.29, 1.82) is 0 Å². The summed E-state index contributed by atoms with van der Waals surface area (Å²) >= 11 is 0. The highest BCUT2D eigenvalue weighted by Crippen LogP contribution is 2.33. The van der Waals surface area contributed by atoms with Crippen molar-refractivity contribution in [2.24, 2.45) is 5.16 Å². The van der Waals surface area contributed by atoms with Gasteiger partial charge in [0.2, 0.25) is 0 Å². The lowest BCUT2D eigenvalue weighted by molar-refractivity contribution is 0.355. The van der Waals surface area contributed by atoms with Crippen LogP contribution in [0.3, 0.4) is 0 Å². The van der Waals surface area contributed by atoms with E-state index in [0.717, 1.165) is 0 Å². The number of rotatable bonds is 4. The number of ether oxygens (including phenoxy) is 4. The molecule has 0 spiro atoms. The van der Waals surface area contributed by atoms with Crippen LogP contribution in [0.1, 0.15) is 0 Å². The zero-order valence-electron chi connectivity index (χ0n) is 15.7. The van der Waals surface area contributed by atoms with Crippen LogP contribution in [-0.2, 0) is 0 Å². The first-order chi connectivity index (χ1) is 13.6. The average Bonchev–Trinajstić information content (AvgIpc) is 2.73. The molecule has 0 fully saturated rings. The van der Waals surface area contributed by atoms with Crippen LogP contribution in [0.5, 0.6) is 23.0 Å². The number of nitroso groups, excluding NO2 is 1. The van der Waals surface area contributed by atoms with Gasteiger partial charge in [0.05, 0.1) is 33.7 Å². The number of benzene rings is 3. The van der Waals surface area contributed by atoms with Crippen LogP contribution in [0.4, 0.5) is 0 Å². The minimum atomic E-state index is 0.401. The molecule has 142 valence electrons.